The van der Waals surface area contributed by atoms with Gasteiger partial charge in [0, 0.05) is 11.1 Å². The fourth-order valence-corrected chi connectivity index (χ4v) is 4.52. The lowest BCUT2D eigenvalue weighted by molar-refractivity contribution is -0.135. The van der Waals surface area contributed by atoms with Gasteiger partial charge in [-0.05, 0) is 35.7 Å². The number of thiazole rings is 1. The van der Waals surface area contributed by atoms with E-state index in [0.717, 1.165) is 9.88 Å². The average Bonchev–Trinajstić information content (AvgIpc) is 3.51. The molecular formula is C22H19N3O3S2. The number of anilines is 1. The van der Waals surface area contributed by atoms with E-state index >= 15 is 0 Å². The summed E-state index contributed by atoms with van der Waals surface area (Å²) in [4.78, 5) is 32.7. The third-order valence-electron chi connectivity index (χ3n) is 4.29. The molecule has 3 aromatic heterocycles. The molecule has 0 radical (unpaired) electrons. The fraction of sp³-hybridized carbons (Fsp3) is 0.136. The third-order valence-corrected chi connectivity index (χ3v) is 6.22. The zero-order valence-corrected chi connectivity index (χ0v) is 17.6. The topological polar surface area (TPSA) is 75.4 Å². The van der Waals surface area contributed by atoms with Gasteiger partial charge in [-0.25, -0.2) is 4.98 Å². The Hall–Kier alpha value is -3.23. The Morgan fingerprint density at radius 3 is 2.63 bits per heavy atom. The Kier molecular flexibility index (Phi) is 6.36. The minimum atomic E-state index is -0.265. The molecule has 1 aromatic carbocycles. The van der Waals surface area contributed by atoms with E-state index in [1.54, 1.807) is 41.9 Å². The van der Waals surface area contributed by atoms with Gasteiger partial charge in [0.25, 0.3) is 0 Å². The second-order valence-corrected chi connectivity index (χ2v) is 8.35. The van der Waals surface area contributed by atoms with Gasteiger partial charge in [0.1, 0.15) is 17.3 Å². The van der Waals surface area contributed by atoms with Crippen molar-refractivity contribution in [2.75, 3.05) is 11.9 Å². The maximum Gasteiger partial charge on any atom is 0.244 e. The first kappa shape index (κ1) is 20.1. The van der Waals surface area contributed by atoms with Crippen LogP contribution in [0.3, 0.4) is 0 Å². The number of hydrogen-bond acceptors (Lipinski definition) is 6. The molecule has 2 amide bonds. The Bertz CT molecular complexity index is 1090. The lowest BCUT2D eigenvalue weighted by Gasteiger charge is -2.21. The SMILES string of the molecule is O=C(CN(Cc1ccco1)C(=O)Cc1csc(-c2cccs2)n1)Nc1ccccc1. The van der Waals surface area contributed by atoms with Gasteiger partial charge in [-0.1, -0.05) is 24.3 Å². The third kappa shape index (κ3) is 5.22. The molecule has 4 rings (SSSR count). The van der Waals surface area contributed by atoms with Crippen LogP contribution in [-0.4, -0.2) is 28.2 Å². The highest BCUT2D eigenvalue weighted by molar-refractivity contribution is 7.20. The van der Waals surface area contributed by atoms with E-state index < -0.39 is 0 Å². The molecule has 0 unspecified atom stereocenters. The van der Waals surface area contributed by atoms with Crippen molar-refractivity contribution < 1.29 is 14.0 Å². The molecule has 0 saturated carbocycles. The number of hydrogen-bond donors (Lipinski definition) is 1. The number of benzene rings is 1. The first-order valence-corrected chi connectivity index (χ1v) is 11.1. The maximum absolute atomic E-state index is 13.0. The fourth-order valence-electron chi connectivity index (χ4n) is 2.89. The zero-order valence-electron chi connectivity index (χ0n) is 16.0. The predicted octanol–water partition coefficient (Wildman–Crippen LogP) is 4.67. The first-order valence-electron chi connectivity index (χ1n) is 9.31. The van der Waals surface area contributed by atoms with Crippen molar-refractivity contribution >= 4 is 40.2 Å². The predicted molar refractivity (Wildman–Crippen MR) is 118 cm³/mol. The van der Waals surface area contributed by atoms with Crippen LogP contribution in [-0.2, 0) is 22.6 Å². The summed E-state index contributed by atoms with van der Waals surface area (Å²) < 4.78 is 5.38. The Labute approximate surface area is 181 Å². The smallest absolute Gasteiger partial charge is 0.244 e. The molecule has 8 heteroatoms. The van der Waals surface area contributed by atoms with Crippen LogP contribution in [0, 0.1) is 0 Å². The lowest BCUT2D eigenvalue weighted by atomic mass is 10.2. The van der Waals surface area contributed by atoms with Gasteiger partial charge in [-0.15, -0.1) is 22.7 Å². The van der Waals surface area contributed by atoms with E-state index in [9.17, 15) is 9.59 Å². The van der Waals surface area contributed by atoms with Gasteiger partial charge in [0.15, 0.2) is 0 Å². The largest absolute Gasteiger partial charge is 0.467 e. The highest BCUT2D eigenvalue weighted by atomic mass is 32.1. The molecule has 3 heterocycles. The summed E-state index contributed by atoms with van der Waals surface area (Å²) in [6, 6.07) is 16.7. The Morgan fingerprint density at radius 1 is 1.03 bits per heavy atom. The lowest BCUT2D eigenvalue weighted by Crippen LogP contribution is -2.38. The average molecular weight is 438 g/mol. The van der Waals surface area contributed by atoms with Crippen molar-refractivity contribution in [2.24, 2.45) is 0 Å². The number of aromatic nitrogens is 1. The molecule has 6 nitrogen and oxygen atoms in total. The normalized spacial score (nSPS) is 10.7. The summed E-state index contributed by atoms with van der Waals surface area (Å²) >= 11 is 3.13. The second kappa shape index (κ2) is 9.51. The van der Waals surface area contributed by atoms with Crippen molar-refractivity contribution in [3.05, 3.63) is 83.1 Å². The minimum Gasteiger partial charge on any atom is -0.467 e. The minimum absolute atomic E-state index is 0.0731. The van der Waals surface area contributed by atoms with E-state index in [-0.39, 0.29) is 31.3 Å². The van der Waals surface area contributed by atoms with Crippen molar-refractivity contribution in [3.63, 3.8) is 0 Å². The zero-order chi connectivity index (χ0) is 20.8. The molecule has 0 spiro atoms. The van der Waals surface area contributed by atoms with Crippen molar-refractivity contribution in [1.29, 1.82) is 0 Å². The number of furan rings is 1. The van der Waals surface area contributed by atoms with Gasteiger partial charge in [-0.2, -0.15) is 0 Å². The standard InChI is InChI=1S/C22H19N3O3S2/c26-20(23-16-6-2-1-3-7-16)14-25(13-18-8-4-10-28-18)21(27)12-17-15-30-22(24-17)19-9-5-11-29-19/h1-11,15H,12-14H2,(H,23,26). The molecule has 0 aliphatic rings. The highest BCUT2D eigenvalue weighted by Gasteiger charge is 2.20. The maximum atomic E-state index is 13.0. The molecule has 0 fully saturated rings. The van der Waals surface area contributed by atoms with Gasteiger partial charge in [0.05, 0.1) is 29.8 Å². The van der Waals surface area contributed by atoms with Crippen LogP contribution >= 0.6 is 22.7 Å². The van der Waals surface area contributed by atoms with E-state index in [4.69, 9.17) is 4.42 Å². The monoisotopic (exact) mass is 437 g/mol. The number of carbonyl (C=O) groups is 2. The number of thiophene rings is 1. The van der Waals surface area contributed by atoms with Gasteiger partial charge in [0.2, 0.25) is 11.8 Å². The summed E-state index contributed by atoms with van der Waals surface area (Å²) in [5.41, 5.74) is 1.38. The van der Waals surface area contributed by atoms with Gasteiger partial charge >= 0.3 is 0 Å². The molecule has 0 bridgehead atoms. The summed E-state index contributed by atoms with van der Waals surface area (Å²) in [7, 11) is 0. The molecule has 0 aliphatic heterocycles. The Morgan fingerprint density at radius 2 is 1.90 bits per heavy atom. The van der Waals surface area contributed by atoms with Crippen LogP contribution in [0.5, 0.6) is 0 Å². The second-order valence-electron chi connectivity index (χ2n) is 6.54. The number of carbonyl (C=O) groups excluding carboxylic acids is 2. The molecule has 1 N–H and O–H groups in total. The molecule has 0 atom stereocenters. The summed E-state index contributed by atoms with van der Waals surface area (Å²) in [6.45, 7) is 0.145. The molecular weight excluding hydrogens is 418 g/mol. The van der Waals surface area contributed by atoms with E-state index in [0.29, 0.717) is 17.1 Å². The van der Waals surface area contributed by atoms with Crippen molar-refractivity contribution in [3.8, 4) is 9.88 Å². The van der Waals surface area contributed by atoms with E-state index in [1.807, 2.05) is 41.1 Å². The quantitative estimate of drug-likeness (QED) is 0.434. The number of nitrogens with zero attached hydrogens (tertiary/aromatic N) is 2. The van der Waals surface area contributed by atoms with E-state index in [1.165, 1.54) is 16.2 Å². The van der Waals surface area contributed by atoms with Gasteiger partial charge in [-0.3, -0.25) is 9.59 Å². The van der Waals surface area contributed by atoms with E-state index in [2.05, 4.69) is 10.3 Å². The van der Waals surface area contributed by atoms with Crippen LogP contribution in [0.1, 0.15) is 11.5 Å². The number of amides is 2. The van der Waals surface area contributed by atoms with Gasteiger partial charge < -0.3 is 14.6 Å². The first-order chi connectivity index (χ1) is 14.7. The summed E-state index contributed by atoms with van der Waals surface area (Å²) in [5, 5.41) is 7.60. The molecule has 4 aromatic rings. The summed E-state index contributed by atoms with van der Waals surface area (Å²) in [5.74, 6) is 0.171. The molecule has 152 valence electrons. The highest BCUT2D eigenvalue weighted by Crippen LogP contribution is 2.28. The Balaban J connectivity index is 1.44. The van der Waals surface area contributed by atoms with Crippen LogP contribution in [0.25, 0.3) is 9.88 Å². The van der Waals surface area contributed by atoms with Crippen molar-refractivity contribution in [1.82, 2.24) is 9.88 Å². The van der Waals surface area contributed by atoms with Crippen LogP contribution in [0.4, 0.5) is 5.69 Å². The van der Waals surface area contributed by atoms with Crippen molar-refractivity contribution in [2.45, 2.75) is 13.0 Å². The van der Waals surface area contributed by atoms with Crippen LogP contribution < -0.4 is 5.32 Å². The number of para-hydroxylation sites is 1. The molecule has 30 heavy (non-hydrogen) atoms. The number of rotatable bonds is 8. The molecule has 0 saturated heterocycles. The summed E-state index contributed by atoms with van der Waals surface area (Å²) in [6.07, 6.45) is 1.68. The van der Waals surface area contributed by atoms with Crippen LogP contribution in [0.2, 0.25) is 0 Å². The number of nitrogens with one attached hydrogen (secondary N) is 1. The van der Waals surface area contributed by atoms with Crippen LogP contribution in [0.15, 0.2) is 76.0 Å². The molecule has 0 aliphatic carbocycles.